The molecule has 0 saturated carbocycles. The van der Waals surface area contributed by atoms with Crippen LogP contribution >= 0.6 is 0 Å². The van der Waals surface area contributed by atoms with Crippen molar-refractivity contribution in [2.45, 2.75) is 46.1 Å². The van der Waals surface area contributed by atoms with Gasteiger partial charge in [-0.2, -0.15) is 0 Å². The Morgan fingerprint density at radius 3 is 2.44 bits per heavy atom. The molecule has 96 valence electrons. The minimum atomic E-state index is -0.846. The molecule has 2 nitrogen and oxygen atoms in total. The number of hydrogen-bond donors (Lipinski definition) is 1. The second-order valence-corrected chi connectivity index (χ2v) is 5.77. The number of aromatic nitrogens is 1. The van der Waals surface area contributed by atoms with Gasteiger partial charge in [-0.05, 0) is 43.9 Å². The lowest BCUT2D eigenvalue weighted by molar-refractivity contribution is 0.0800. The fraction of sp³-hybridized carbons (Fsp3) is 0.438. The summed E-state index contributed by atoms with van der Waals surface area (Å²) in [6.45, 7) is 9.96. The van der Waals surface area contributed by atoms with Crippen LogP contribution in [0.3, 0.4) is 0 Å². The number of hydrogen-bond acceptors (Lipinski definition) is 2. The Morgan fingerprint density at radius 2 is 1.89 bits per heavy atom. The molecule has 18 heavy (non-hydrogen) atoms. The normalized spacial score (nSPS) is 12.4. The predicted octanol–water partition coefficient (Wildman–Crippen LogP) is 3.89. The fourth-order valence-electron chi connectivity index (χ4n) is 2.37. The zero-order chi connectivity index (χ0) is 13.5. The average Bonchev–Trinajstić information content (AvgIpc) is 2.25. The summed E-state index contributed by atoms with van der Waals surface area (Å²) in [7, 11) is 0. The standard InChI is InChI=1S/C16H21NO/c1-10(2)12-7-6-8-13-14(16(4,5)18)9-11(3)17-15(12)13/h6-10,18H,1-5H3. The van der Waals surface area contributed by atoms with Gasteiger partial charge < -0.3 is 5.11 Å². The molecule has 0 amide bonds. The van der Waals surface area contributed by atoms with Gasteiger partial charge in [0.2, 0.25) is 0 Å². The Morgan fingerprint density at radius 1 is 1.22 bits per heavy atom. The highest BCUT2D eigenvalue weighted by Crippen LogP contribution is 2.32. The third-order valence-electron chi connectivity index (χ3n) is 3.28. The summed E-state index contributed by atoms with van der Waals surface area (Å²) < 4.78 is 0. The summed E-state index contributed by atoms with van der Waals surface area (Å²) in [5.41, 5.74) is 3.31. The van der Waals surface area contributed by atoms with Crippen LogP contribution in [0.4, 0.5) is 0 Å². The first kappa shape index (κ1) is 13.0. The first-order valence-electron chi connectivity index (χ1n) is 6.44. The molecule has 2 aromatic rings. The molecule has 2 rings (SSSR count). The van der Waals surface area contributed by atoms with Gasteiger partial charge in [0.1, 0.15) is 0 Å². The summed E-state index contributed by atoms with van der Waals surface area (Å²) in [5, 5.41) is 11.4. The minimum absolute atomic E-state index is 0.428. The van der Waals surface area contributed by atoms with Crippen LogP contribution in [-0.2, 0) is 5.60 Å². The third-order valence-corrected chi connectivity index (χ3v) is 3.28. The molecule has 1 aromatic carbocycles. The Bertz CT molecular complexity index is 579. The Labute approximate surface area is 109 Å². The molecule has 0 bridgehead atoms. The van der Waals surface area contributed by atoms with Gasteiger partial charge in [-0.3, -0.25) is 4.98 Å². The van der Waals surface area contributed by atoms with Gasteiger partial charge >= 0.3 is 0 Å². The summed E-state index contributed by atoms with van der Waals surface area (Å²) in [6, 6.07) is 8.19. The number of rotatable bonds is 2. The van der Waals surface area contributed by atoms with Crippen LogP contribution in [-0.4, -0.2) is 10.1 Å². The summed E-state index contributed by atoms with van der Waals surface area (Å²) >= 11 is 0. The molecular formula is C16H21NO. The Hall–Kier alpha value is -1.41. The number of aliphatic hydroxyl groups is 1. The van der Waals surface area contributed by atoms with Crippen molar-refractivity contribution in [1.29, 1.82) is 0 Å². The molecule has 0 radical (unpaired) electrons. The van der Waals surface area contributed by atoms with Crippen molar-refractivity contribution in [3.05, 3.63) is 41.1 Å². The van der Waals surface area contributed by atoms with Gasteiger partial charge in [0.25, 0.3) is 0 Å². The van der Waals surface area contributed by atoms with Gasteiger partial charge in [-0.25, -0.2) is 0 Å². The summed E-state index contributed by atoms with van der Waals surface area (Å²) in [4.78, 5) is 4.66. The van der Waals surface area contributed by atoms with Crippen molar-refractivity contribution in [3.8, 4) is 0 Å². The second-order valence-electron chi connectivity index (χ2n) is 5.77. The van der Waals surface area contributed by atoms with E-state index in [0.29, 0.717) is 5.92 Å². The number of nitrogens with zero attached hydrogens (tertiary/aromatic N) is 1. The molecule has 1 N–H and O–H groups in total. The number of para-hydroxylation sites is 1. The van der Waals surface area contributed by atoms with Gasteiger partial charge in [0.05, 0.1) is 11.1 Å². The van der Waals surface area contributed by atoms with E-state index in [-0.39, 0.29) is 0 Å². The van der Waals surface area contributed by atoms with E-state index < -0.39 is 5.60 Å². The fourth-order valence-corrected chi connectivity index (χ4v) is 2.37. The third kappa shape index (κ3) is 2.25. The van der Waals surface area contributed by atoms with E-state index in [9.17, 15) is 5.11 Å². The number of benzene rings is 1. The average molecular weight is 243 g/mol. The highest BCUT2D eigenvalue weighted by atomic mass is 16.3. The number of pyridine rings is 1. The maximum absolute atomic E-state index is 10.3. The maximum Gasteiger partial charge on any atom is 0.0847 e. The predicted molar refractivity (Wildman–Crippen MR) is 75.8 cm³/mol. The monoisotopic (exact) mass is 243 g/mol. The van der Waals surface area contributed by atoms with E-state index in [1.807, 2.05) is 39.0 Å². The van der Waals surface area contributed by atoms with Crippen LogP contribution in [0.1, 0.15) is 50.4 Å². The molecular weight excluding hydrogens is 222 g/mol. The lowest BCUT2D eigenvalue weighted by atomic mass is 9.91. The Kier molecular flexibility index (Phi) is 3.16. The van der Waals surface area contributed by atoms with Gasteiger partial charge in [0, 0.05) is 11.1 Å². The highest BCUT2D eigenvalue weighted by molar-refractivity contribution is 5.86. The van der Waals surface area contributed by atoms with Crippen molar-refractivity contribution in [2.24, 2.45) is 0 Å². The zero-order valence-corrected chi connectivity index (χ0v) is 11.8. The molecule has 0 aliphatic heterocycles. The van der Waals surface area contributed by atoms with Crippen LogP contribution in [0.15, 0.2) is 24.3 Å². The van der Waals surface area contributed by atoms with Crippen molar-refractivity contribution in [3.63, 3.8) is 0 Å². The topological polar surface area (TPSA) is 33.1 Å². The largest absolute Gasteiger partial charge is 0.386 e. The minimum Gasteiger partial charge on any atom is -0.386 e. The smallest absolute Gasteiger partial charge is 0.0847 e. The highest BCUT2D eigenvalue weighted by Gasteiger charge is 2.21. The lowest BCUT2D eigenvalue weighted by Gasteiger charge is -2.22. The second kappa shape index (κ2) is 4.36. The lowest BCUT2D eigenvalue weighted by Crippen LogP contribution is -2.17. The first-order chi connectivity index (χ1) is 8.30. The van der Waals surface area contributed by atoms with E-state index in [1.54, 1.807) is 0 Å². The van der Waals surface area contributed by atoms with Crippen LogP contribution in [0, 0.1) is 6.92 Å². The molecule has 0 aliphatic carbocycles. The van der Waals surface area contributed by atoms with E-state index in [1.165, 1.54) is 5.56 Å². The van der Waals surface area contributed by atoms with Crippen LogP contribution in [0.2, 0.25) is 0 Å². The molecule has 0 unspecified atom stereocenters. The van der Waals surface area contributed by atoms with E-state index >= 15 is 0 Å². The van der Waals surface area contributed by atoms with E-state index in [2.05, 4.69) is 24.9 Å². The van der Waals surface area contributed by atoms with Crippen molar-refractivity contribution in [2.75, 3.05) is 0 Å². The quantitative estimate of drug-likeness (QED) is 0.868. The first-order valence-corrected chi connectivity index (χ1v) is 6.44. The van der Waals surface area contributed by atoms with Gasteiger partial charge in [0.15, 0.2) is 0 Å². The van der Waals surface area contributed by atoms with E-state index in [4.69, 9.17) is 0 Å². The van der Waals surface area contributed by atoms with Crippen molar-refractivity contribution >= 4 is 10.9 Å². The van der Waals surface area contributed by atoms with Gasteiger partial charge in [-0.15, -0.1) is 0 Å². The molecule has 1 heterocycles. The van der Waals surface area contributed by atoms with Gasteiger partial charge in [-0.1, -0.05) is 32.0 Å². The van der Waals surface area contributed by atoms with Crippen molar-refractivity contribution < 1.29 is 5.11 Å². The number of aryl methyl sites for hydroxylation is 1. The molecule has 0 aliphatic rings. The summed E-state index contributed by atoms with van der Waals surface area (Å²) in [6.07, 6.45) is 0. The van der Waals surface area contributed by atoms with Crippen molar-refractivity contribution in [1.82, 2.24) is 4.98 Å². The maximum atomic E-state index is 10.3. The molecule has 1 aromatic heterocycles. The molecule has 0 fully saturated rings. The Balaban J connectivity index is 2.87. The summed E-state index contributed by atoms with van der Waals surface area (Å²) in [5.74, 6) is 0.428. The SMILES string of the molecule is Cc1cc(C(C)(C)O)c2cccc(C(C)C)c2n1. The van der Waals surface area contributed by atoms with Crippen LogP contribution in [0.25, 0.3) is 10.9 Å². The molecule has 0 spiro atoms. The molecule has 0 saturated heterocycles. The zero-order valence-electron chi connectivity index (χ0n) is 11.8. The number of fused-ring (bicyclic) bond motifs is 1. The van der Waals surface area contributed by atoms with Crippen LogP contribution in [0.5, 0.6) is 0 Å². The van der Waals surface area contributed by atoms with E-state index in [0.717, 1.165) is 22.2 Å². The molecule has 0 atom stereocenters. The van der Waals surface area contributed by atoms with Crippen LogP contribution < -0.4 is 0 Å². The molecule has 2 heteroatoms.